The molecule has 0 spiro atoms. The van der Waals surface area contributed by atoms with E-state index in [1.165, 1.54) is 62.1 Å². The lowest BCUT2D eigenvalue weighted by Crippen LogP contribution is -2.05. The summed E-state index contributed by atoms with van der Waals surface area (Å²) in [6.07, 6.45) is 10.0. The monoisotopic (exact) mass is 340 g/mol. The number of ether oxygens (including phenoxy) is 1. The van der Waals surface area contributed by atoms with E-state index in [1.807, 2.05) is 6.07 Å². The summed E-state index contributed by atoms with van der Waals surface area (Å²) in [5, 5.41) is 0. The van der Waals surface area contributed by atoms with E-state index in [0.29, 0.717) is 17.2 Å². The second kappa shape index (κ2) is 8.51. The Morgan fingerprint density at radius 3 is 2.32 bits per heavy atom. The van der Waals surface area contributed by atoms with E-state index < -0.39 is 0 Å². The third-order valence-corrected chi connectivity index (χ3v) is 5.53. The van der Waals surface area contributed by atoms with Crippen molar-refractivity contribution in [2.45, 2.75) is 64.2 Å². The van der Waals surface area contributed by atoms with Gasteiger partial charge in [0.05, 0.1) is 7.11 Å². The third kappa shape index (κ3) is 4.23. The largest absolute Gasteiger partial charge is 0.497 e. The Morgan fingerprint density at radius 2 is 1.64 bits per heavy atom. The third-order valence-electron chi connectivity index (χ3n) is 5.53. The van der Waals surface area contributed by atoms with Crippen LogP contribution in [0.15, 0.2) is 36.4 Å². The first-order valence-electron chi connectivity index (χ1n) is 9.69. The fourth-order valence-electron chi connectivity index (χ4n) is 4.02. The minimum atomic E-state index is -0.169. The topological polar surface area (TPSA) is 9.23 Å². The van der Waals surface area contributed by atoms with Crippen molar-refractivity contribution >= 4 is 0 Å². The second-order valence-corrected chi connectivity index (χ2v) is 7.16. The normalized spacial score (nSPS) is 16.3. The second-order valence-electron chi connectivity index (χ2n) is 7.16. The Morgan fingerprint density at radius 1 is 0.920 bits per heavy atom. The van der Waals surface area contributed by atoms with Crippen LogP contribution in [0.4, 0.5) is 4.39 Å². The standard InChI is InChI=1S/C23H29FO/c1-3-17-11-13-20(22-16-19(25-2)12-14-23(22)24)21(15-17)18-9-7-5-4-6-8-10-18/h11-16,18H,3-10H2,1-2H3. The van der Waals surface area contributed by atoms with Crippen molar-refractivity contribution in [2.75, 3.05) is 7.11 Å². The Balaban J connectivity index is 2.06. The number of aryl methyl sites for hydroxylation is 1. The van der Waals surface area contributed by atoms with Gasteiger partial charge >= 0.3 is 0 Å². The molecule has 0 radical (unpaired) electrons. The van der Waals surface area contributed by atoms with Crippen molar-refractivity contribution in [3.63, 3.8) is 0 Å². The summed E-state index contributed by atoms with van der Waals surface area (Å²) in [6, 6.07) is 11.6. The van der Waals surface area contributed by atoms with Crippen LogP contribution in [0, 0.1) is 5.82 Å². The highest BCUT2D eigenvalue weighted by molar-refractivity contribution is 5.70. The highest BCUT2D eigenvalue weighted by Crippen LogP contribution is 2.39. The van der Waals surface area contributed by atoms with E-state index >= 15 is 0 Å². The molecule has 0 aliphatic heterocycles. The minimum absolute atomic E-state index is 0.169. The molecule has 0 saturated heterocycles. The smallest absolute Gasteiger partial charge is 0.131 e. The van der Waals surface area contributed by atoms with Crippen LogP contribution in [0.2, 0.25) is 0 Å². The molecule has 1 nitrogen and oxygen atoms in total. The average molecular weight is 340 g/mol. The predicted octanol–water partition coefficient (Wildman–Crippen LogP) is 6.89. The molecule has 0 unspecified atom stereocenters. The van der Waals surface area contributed by atoms with Gasteiger partial charge in [0, 0.05) is 5.56 Å². The molecule has 0 N–H and O–H groups in total. The summed E-state index contributed by atoms with van der Waals surface area (Å²) in [7, 11) is 1.63. The first-order valence-corrected chi connectivity index (χ1v) is 9.69. The molecule has 25 heavy (non-hydrogen) atoms. The summed E-state index contributed by atoms with van der Waals surface area (Å²) >= 11 is 0. The number of benzene rings is 2. The average Bonchev–Trinajstić information content (AvgIpc) is 2.62. The quantitative estimate of drug-likeness (QED) is 0.588. The SMILES string of the molecule is CCc1ccc(-c2cc(OC)ccc2F)c(C2CCCCCCC2)c1. The van der Waals surface area contributed by atoms with E-state index in [9.17, 15) is 4.39 Å². The van der Waals surface area contributed by atoms with Crippen molar-refractivity contribution in [1.82, 2.24) is 0 Å². The van der Waals surface area contributed by atoms with Gasteiger partial charge < -0.3 is 4.74 Å². The molecular weight excluding hydrogens is 311 g/mol. The summed E-state index contributed by atoms with van der Waals surface area (Å²) in [4.78, 5) is 0. The molecular formula is C23H29FO. The molecule has 134 valence electrons. The number of hydrogen-bond acceptors (Lipinski definition) is 1. The fourth-order valence-corrected chi connectivity index (χ4v) is 4.02. The van der Waals surface area contributed by atoms with Gasteiger partial charge in [0.15, 0.2) is 0 Å². The molecule has 2 aromatic rings. The number of halogens is 1. The van der Waals surface area contributed by atoms with Crippen LogP contribution in [0.3, 0.4) is 0 Å². The first kappa shape index (κ1) is 18.0. The summed E-state index contributed by atoms with van der Waals surface area (Å²) in [5.41, 5.74) is 4.37. The van der Waals surface area contributed by atoms with Gasteiger partial charge in [-0.25, -0.2) is 4.39 Å². The minimum Gasteiger partial charge on any atom is -0.497 e. The first-order chi connectivity index (χ1) is 12.2. The van der Waals surface area contributed by atoms with Crippen molar-refractivity contribution in [1.29, 1.82) is 0 Å². The number of rotatable bonds is 4. The molecule has 1 fully saturated rings. The molecule has 0 heterocycles. The van der Waals surface area contributed by atoms with Crippen LogP contribution in [0.5, 0.6) is 5.75 Å². The molecule has 0 amide bonds. The lowest BCUT2D eigenvalue weighted by atomic mass is 9.81. The molecule has 1 saturated carbocycles. The molecule has 2 aromatic carbocycles. The molecule has 0 atom stereocenters. The predicted molar refractivity (Wildman–Crippen MR) is 103 cm³/mol. The lowest BCUT2D eigenvalue weighted by Gasteiger charge is -2.24. The molecule has 3 rings (SSSR count). The molecule has 1 aliphatic rings. The van der Waals surface area contributed by atoms with Gasteiger partial charge in [-0.05, 0) is 60.1 Å². The lowest BCUT2D eigenvalue weighted by molar-refractivity contribution is 0.414. The maximum absolute atomic E-state index is 14.6. The molecule has 2 heteroatoms. The van der Waals surface area contributed by atoms with Gasteiger partial charge in [0.1, 0.15) is 11.6 Å². The maximum Gasteiger partial charge on any atom is 0.131 e. The van der Waals surface area contributed by atoms with Gasteiger partial charge in [-0.15, -0.1) is 0 Å². The van der Waals surface area contributed by atoms with Crippen molar-refractivity contribution in [3.05, 3.63) is 53.3 Å². The zero-order valence-electron chi connectivity index (χ0n) is 15.5. The highest BCUT2D eigenvalue weighted by atomic mass is 19.1. The maximum atomic E-state index is 14.6. The van der Waals surface area contributed by atoms with Gasteiger partial charge in [0.25, 0.3) is 0 Å². The Bertz CT molecular complexity index is 699. The van der Waals surface area contributed by atoms with Crippen LogP contribution >= 0.6 is 0 Å². The van der Waals surface area contributed by atoms with Crippen molar-refractivity contribution in [3.8, 4) is 16.9 Å². The zero-order valence-corrected chi connectivity index (χ0v) is 15.5. The zero-order chi connectivity index (χ0) is 17.6. The van der Waals surface area contributed by atoms with Crippen molar-refractivity contribution < 1.29 is 9.13 Å². The highest BCUT2D eigenvalue weighted by Gasteiger charge is 2.20. The van der Waals surface area contributed by atoms with E-state index in [-0.39, 0.29) is 5.82 Å². The van der Waals surface area contributed by atoms with Gasteiger partial charge in [-0.1, -0.05) is 57.2 Å². The van der Waals surface area contributed by atoms with E-state index in [4.69, 9.17) is 4.74 Å². The van der Waals surface area contributed by atoms with E-state index in [0.717, 1.165) is 12.0 Å². The Kier molecular flexibility index (Phi) is 6.12. The number of methoxy groups -OCH3 is 1. The summed E-state index contributed by atoms with van der Waals surface area (Å²) in [5.74, 6) is 1.07. The van der Waals surface area contributed by atoms with Gasteiger partial charge in [-0.3, -0.25) is 0 Å². The molecule has 0 bridgehead atoms. The van der Waals surface area contributed by atoms with Gasteiger partial charge in [-0.2, -0.15) is 0 Å². The van der Waals surface area contributed by atoms with Crippen LogP contribution in [-0.2, 0) is 6.42 Å². The van der Waals surface area contributed by atoms with Crippen LogP contribution in [-0.4, -0.2) is 7.11 Å². The fraction of sp³-hybridized carbons (Fsp3) is 0.478. The Labute approximate surface area is 151 Å². The van der Waals surface area contributed by atoms with E-state index in [1.54, 1.807) is 13.2 Å². The molecule has 0 aromatic heterocycles. The van der Waals surface area contributed by atoms with Gasteiger partial charge in [0.2, 0.25) is 0 Å². The molecule has 1 aliphatic carbocycles. The summed E-state index contributed by atoms with van der Waals surface area (Å²) < 4.78 is 19.9. The van der Waals surface area contributed by atoms with Crippen LogP contribution in [0.1, 0.15) is 68.9 Å². The van der Waals surface area contributed by atoms with E-state index in [2.05, 4.69) is 25.1 Å². The van der Waals surface area contributed by atoms with Crippen LogP contribution < -0.4 is 4.74 Å². The number of hydrogen-bond donors (Lipinski definition) is 0. The van der Waals surface area contributed by atoms with Crippen molar-refractivity contribution in [2.24, 2.45) is 0 Å². The Hall–Kier alpha value is -1.83. The summed E-state index contributed by atoms with van der Waals surface area (Å²) in [6.45, 7) is 2.18. The van der Waals surface area contributed by atoms with Crippen LogP contribution in [0.25, 0.3) is 11.1 Å².